The van der Waals surface area contributed by atoms with Crippen molar-refractivity contribution in [1.82, 2.24) is 0 Å². The Labute approximate surface area is 127 Å². The number of phenolic OH excluding ortho intramolecular Hbond substituents is 1. The summed E-state index contributed by atoms with van der Waals surface area (Å²) in [6.45, 7) is 2.03. The van der Waals surface area contributed by atoms with E-state index in [4.69, 9.17) is 14.2 Å². The maximum Gasteiger partial charge on any atom is 0.231 e. The number of benzene rings is 2. The molecule has 5 heteroatoms. The van der Waals surface area contributed by atoms with Crippen LogP contribution >= 0.6 is 0 Å². The van der Waals surface area contributed by atoms with Crippen LogP contribution in [-0.4, -0.2) is 17.7 Å². The lowest BCUT2D eigenvalue weighted by Crippen LogP contribution is -2.29. The minimum atomic E-state index is -0.390. The van der Waals surface area contributed by atoms with Crippen molar-refractivity contribution in [3.63, 3.8) is 0 Å². The number of carbonyl (C=O) groups is 1. The fourth-order valence-corrected chi connectivity index (χ4v) is 2.88. The van der Waals surface area contributed by atoms with E-state index in [0.29, 0.717) is 22.8 Å². The van der Waals surface area contributed by atoms with Crippen molar-refractivity contribution in [2.45, 2.75) is 13.0 Å². The number of hydrogen-bond acceptors (Lipinski definition) is 5. The number of rotatable bonds is 1. The van der Waals surface area contributed by atoms with Gasteiger partial charge in [-0.25, -0.2) is 0 Å². The van der Waals surface area contributed by atoms with E-state index in [2.05, 4.69) is 0 Å². The SMILES string of the molecule is CC1C(=O)c2cc(O)ccc2OC1c1ccc2c(c1)OCO2. The lowest BCUT2D eigenvalue weighted by Gasteiger charge is -2.30. The molecule has 0 radical (unpaired) electrons. The summed E-state index contributed by atoms with van der Waals surface area (Å²) in [6, 6.07) is 10.1. The molecule has 0 amide bonds. The molecule has 5 nitrogen and oxygen atoms in total. The van der Waals surface area contributed by atoms with Crippen LogP contribution in [-0.2, 0) is 0 Å². The Hall–Kier alpha value is -2.69. The predicted octanol–water partition coefficient (Wildman–Crippen LogP) is 3.07. The Morgan fingerprint density at radius 2 is 1.82 bits per heavy atom. The summed E-state index contributed by atoms with van der Waals surface area (Å²) < 4.78 is 16.7. The predicted molar refractivity (Wildman–Crippen MR) is 77.5 cm³/mol. The van der Waals surface area contributed by atoms with Crippen LogP contribution < -0.4 is 14.2 Å². The molecule has 2 aromatic carbocycles. The molecule has 4 rings (SSSR count). The second-order valence-electron chi connectivity index (χ2n) is 5.48. The first-order valence-electron chi connectivity index (χ1n) is 7.07. The number of phenols is 1. The van der Waals surface area contributed by atoms with Crippen molar-refractivity contribution in [3.8, 4) is 23.0 Å². The van der Waals surface area contributed by atoms with Gasteiger partial charge >= 0.3 is 0 Å². The summed E-state index contributed by atoms with van der Waals surface area (Å²) in [5, 5.41) is 9.54. The zero-order valence-corrected chi connectivity index (χ0v) is 11.9. The Morgan fingerprint density at radius 1 is 1.05 bits per heavy atom. The molecule has 0 spiro atoms. The van der Waals surface area contributed by atoms with Gasteiger partial charge in [0.1, 0.15) is 17.6 Å². The van der Waals surface area contributed by atoms with E-state index in [-0.39, 0.29) is 30.3 Å². The summed E-state index contributed by atoms with van der Waals surface area (Å²) in [4.78, 5) is 12.5. The zero-order valence-electron chi connectivity index (χ0n) is 11.9. The molecule has 2 aliphatic rings. The molecule has 0 fully saturated rings. The second-order valence-corrected chi connectivity index (χ2v) is 5.48. The number of Topliss-reactive ketones (excluding diaryl/α,β-unsaturated/α-hetero) is 1. The molecule has 0 bridgehead atoms. The quantitative estimate of drug-likeness (QED) is 0.876. The summed E-state index contributed by atoms with van der Waals surface area (Å²) >= 11 is 0. The third kappa shape index (κ3) is 1.89. The second kappa shape index (κ2) is 4.66. The zero-order chi connectivity index (χ0) is 15.3. The maximum atomic E-state index is 12.5. The standard InChI is InChI=1S/C17H14O5/c1-9-16(19)12-7-11(18)3-5-13(12)22-17(9)10-2-4-14-15(6-10)21-8-20-14/h2-7,9,17-18H,8H2,1H3. The third-order valence-corrected chi connectivity index (χ3v) is 4.08. The highest BCUT2D eigenvalue weighted by atomic mass is 16.7. The average Bonchev–Trinajstić information content (AvgIpc) is 2.99. The van der Waals surface area contributed by atoms with Gasteiger partial charge in [-0.05, 0) is 35.9 Å². The van der Waals surface area contributed by atoms with Gasteiger partial charge in [-0.2, -0.15) is 0 Å². The number of hydrogen-bond donors (Lipinski definition) is 1. The fourth-order valence-electron chi connectivity index (χ4n) is 2.88. The molecule has 2 unspecified atom stereocenters. The summed E-state index contributed by atoms with van der Waals surface area (Å²) in [5.74, 6) is 1.52. The summed E-state index contributed by atoms with van der Waals surface area (Å²) in [6.07, 6.45) is -0.390. The van der Waals surface area contributed by atoms with Gasteiger partial charge in [0.15, 0.2) is 17.3 Å². The van der Waals surface area contributed by atoms with Crippen molar-refractivity contribution in [2.24, 2.45) is 5.92 Å². The highest BCUT2D eigenvalue weighted by Crippen LogP contribution is 2.42. The van der Waals surface area contributed by atoms with Crippen molar-refractivity contribution in [1.29, 1.82) is 0 Å². The van der Waals surface area contributed by atoms with Crippen molar-refractivity contribution in [3.05, 3.63) is 47.5 Å². The van der Waals surface area contributed by atoms with Crippen LogP contribution in [0.25, 0.3) is 0 Å². The van der Waals surface area contributed by atoms with Crippen LogP contribution in [0.2, 0.25) is 0 Å². The Bertz CT molecular complexity index is 768. The van der Waals surface area contributed by atoms with Crippen molar-refractivity contribution in [2.75, 3.05) is 6.79 Å². The lowest BCUT2D eigenvalue weighted by atomic mass is 9.87. The van der Waals surface area contributed by atoms with Gasteiger partial charge in [0, 0.05) is 0 Å². The first-order chi connectivity index (χ1) is 10.6. The summed E-state index contributed by atoms with van der Waals surface area (Å²) in [7, 11) is 0. The monoisotopic (exact) mass is 298 g/mol. The molecular formula is C17H14O5. The molecule has 2 aliphatic heterocycles. The van der Waals surface area contributed by atoms with E-state index in [1.807, 2.05) is 25.1 Å². The third-order valence-electron chi connectivity index (χ3n) is 4.08. The molecule has 112 valence electrons. The smallest absolute Gasteiger partial charge is 0.231 e. The molecule has 22 heavy (non-hydrogen) atoms. The van der Waals surface area contributed by atoms with Gasteiger partial charge in [0.2, 0.25) is 6.79 Å². The van der Waals surface area contributed by atoms with Crippen LogP contribution in [0.3, 0.4) is 0 Å². The van der Waals surface area contributed by atoms with E-state index >= 15 is 0 Å². The molecular weight excluding hydrogens is 284 g/mol. The highest BCUT2D eigenvalue weighted by Gasteiger charge is 2.35. The van der Waals surface area contributed by atoms with Gasteiger partial charge in [-0.1, -0.05) is 13.0 Å². The van der Waals surface area contributed by atoms with Crippen LogP contribution in [0.5, 0.6) is 23.0 Å². The van der Waals surface area contributed by atoms with Crippen LogP contribution in [0, 0.1) is 5.92 Å². The van der Waals surface area contributed by atoms with Gasteiger partial charge in [-0.3, -0.25) is 4.79 Å². The summed E-state index contributed by atoms with van der Waals surface area (Å²) in [5.41, 5.74) is 1.29. The normalized spacial score (nSPS) is 22.1. The van der Waals surface area contributed by atoms with Gasteiger partial charge in [-0.15, -0.1) is 0 Å². The average molecular weight is 298 g/mol. The van der Waals surface area contributed by atoms with Crippen LogP contribution in [0.1, 0.15) is 28.9 Å². The Balaban J connectivity index is 1.74. The number of aromatic hydroxyl groups is 1. The minimum absolute atomic E-state index is 0.0418. The number of ketones is 1. The van der Waals surface area contributed by atoms with Gasteiger partial charge < -0.3 is 19.3 Å². The number of ether oxygens (including phenoxy) is 3. The molecule has 2 atom stereocenters. The van der Waals surface area contributed by atoms with E-state index in [9.17, 15) is 9.90 Å². The molecule has 2 heterocycles. The molecule has 0 saturated carbocycles. The Morgan fingerprint density at radius 3 is 2.68 bits per heavy atom. The van der Waals surface area contributed by atoms with Crippen molar-refractivity contribution < 1.29 is 24.1 Å². The van der Waals surface area contributed by atoms with E-state index in [1.165, 1.54) is 12.1 Å². The molecule has 0 saturated heterocycles. The van der Waals surface area contributed by atoms with E-state index < -0.39 is 0 Å². The maximum absolute atomic E-state index is 12.5. The van der Waals surface area contributed by atoms with Gasteiger partial charge in [0.25, 0.3) is 0 Å². The molecule has 0 aromatic heterocycles. The molecule has 1 N–H and O–H groups in total. The first kappa shape index (κ1) is 13.0. The van der Waals surface area contributed by atoms with E-state index in [0.717, 1.165) is 5.56 Å². The highest BCUT2D eigenvalue weighted by molar-refractivity contribution is 6.01. The van der Waals surface area contributed by atoms with Gasteiger partial charge in [0.05, 0.1) is 11.5 Å². The van der Waals surface area contributed by atoms with Crippen LogP contribution in [0.4, 0.5) is 0 Å². The fraction of sp³-hybridized carbons (Fsp3) is 0.235. The van der Waals surface area contributed by atoms with Crippen LogP contribution in [0.15, 0.2) is 36.4 Å². The number of fused-ring (bicyclic) bond motifs is 2. The Kier molecular flexibility index (Phi) is 2.76. The van der Waals surface area contributed by atoms with Crippen molar-refractivity contribution >= 4 is 5.78 Å². The van der Waals surface area contributed by atoms with E-state index in [1.54, 1.807) is 6.07 Å². The topological polar surface area (TPSA) is 65.0 Å². The first-order valence-corrected chi connectivity index (χ1v) is 7.07. The lowest BCUT2D eigenvalue weighted by molar-refractivity contribution is 0.0689. The largest absolute Gasteiger partial charge is 0.508 e. The molecule has 0 aliphatic carbocycles. The minimum Gasteiger partial charge on any atom is -0.508 e. The number of carbonyl (C=O) groups excluding carboxylic acids is 1. The molecule has 2 aromatic rings.